The van der Waals surface area contributed by atoms with Crippen molar-refractivity contribution in [2.24, 2.45) is 0 Å². The Hall–Kier alpha value is -2.09. The summed E-state index contributed by atoms with van der Waals surface area (Å²) in [5.74, 6) is 0.529. The third-order valence-corrected chi connectivity index (χ3v) is 6.17. The number of hydrogen-bond acceptors (Lipinski definition) is 10. The number of hydrogen-bond donors (Lipinski definition) is 2. The first-order valence-electron chi connectivity index (χ1n) is 8.67. The van der Waals surface area contributed by atoms with Crippen LogP contribution in [-0.4, -0.2) is 41.5 Å². The number of halogens is 1. The Morgan fingerprint density at radius 1 is 1.03 bits per heavy atom. The molecule has 2 aromatic heterocycles. The molecule has 0 aromatic carbocycles. The first kappa shape index (κ1) is 21.6. The first-order chi connectivity index (χ1) is 13.7. The van der Waals surface area contributed by atoms with Gasteiger partial charge in [0.1, 0.15) is 29.1 Å². The van der Waals surface area contributed by atoms with Gasteiger partial charge in [0.15, 0.2) is 11.6 Å². The largest absolute Gasteiger partial charge is 0.383 e. The lowest BCUT2D eigenvalue weighted by molar-refractivity contribution is 0.0229. The zero-order valence-electron chi connectivity index (χ0n) is 15.7. The van der Waals surface area contributed by atoms with Crippen LogP contribution in [0, 0.1) is 5.82 Å². The van der Waals surface area contributed by atoms with Gasteiger partial charge in [-0.1, -0.05) is 0 Å². The van der Waals surface area contributed by atoms with E-state index in [9.17, 15) is 14.0 Å². The van der Waals surface area contributed by atoms with E-state index >= 15 is 0 Å². The predicted molar refractivity (Wildman–Crippen MR) is 110 cm³/mol. The fourth-order valence-electron chi connectivity index (χ4n) is 2.64. The summed E-state index contributed by atoms with van der Waals surface area (Å²) in [6.45, 7) is 3.83. The van der Waals surface area contributed by atoms with Crippen molar-refractivity contribution in [3.63, 3.8) is 0 Å². The van der Waals surface area contributed by atoms with Crippen LogP contribution in [0.5, 0.6) is 0 Å². The fraction of sp³-hybridized carbons (Fsp3) is 0.500. The Morgan fingerprint density at radius 2 is 1.59 bits per heavy atom. The van der Waals surface area contributed by atoms with Crippen LogP contribution < -0.4 is 22.8 Å². The van der Waals surface area contributed by atoms with Gasteiger partial charge in [0, 0.05) is 17.7 Å². The van der Waals surface area contributed by atoms with Crippen molar-refractivity contribution in [2.75, 3.05) is 23.0 Å². The van der Waals surface area contributed by atoms with Gasteiger partial charge in [0.2, 0.25) is 0 Å². The Balaban J connectivity index is 0.000000166. The lowest BCUT2D eigenvalue weighted by Gasteiger charge is -2.12. The SMILES string of the molecule is C[C@H]1O[C@@H](n2cc(F)c(N)nc2=O)CS1.C[C@H]1O[C@@H](n2ccc(N)nc2=O)CS1. The van der Waals surface area contributed by atoms with Gasteiger partial charge in [-0.15, -0.1) is 23.5 Å². The molecule has 4 heterocycles. The highest BCUT2D eigenvalue weighted by molar-refractivity contribution is 8.00. The zero-order valence-corrected chi connectivity index (χ0v) is 17.4. The summed E-state index contributed by atoms with van der Waals surface area (Å²) < 4.78 is 26.6. The van der Waals surface area contributed by atoms with Crippen LogP contribution in [0.2, 0.25) is 0 Å². The Morgan fingerprint density at radius 3 is 2.10 bits per heavy atom. The lowest BCUT2D eigenvalue weighted by atomic mass is 10.5. The van der Waals surface area contributed by atoms with Crippen LogP contribution in [0.3, 0.4) is 0 Å². The summed E-state index contributed by atoms with van der Waals surface area (Å²) in [4.78, 5) is 29.8. The van der Waals surface area contributed by atoms with Crippen LogP contribution in [0.1, 0.15) is 26.3 Å². The lowest BCUT2D eigenvalue weighted by Crippen LogP contribution is -2.29. The Kier molecular flexibility index (Phi) is 6.82. The minimum absolute atomic E-state index is 0.00233. The van der Waals surface area contributed by atoms with Crippen molar-refractivity contribution in [3.8, 4) is 0 Å². The molecule has 29 heavy (non-hydrogen) atoms. The molecule has 13 heteroatoms. The number of nitrogen functional groups attached to an aromatic ring is 2. The van der Waals surface area contributed by atoms with E-state index < -0.39 is 17.7 Å². The first-order valence-corrected chi connectivity index (χ1v) is 10.8. The zero-order chi connectivity index (χ0) is 21.1. The highest BCUT2D eigenvalue weighted by Gasteiger charge is 2.26. The average Bonchev–Trinajstić information content (AvgIpc) is 3.27. The second-order valence-corrected chi connectivity index (χ2v) is 8.85. The van der Waals surface area contributed by atoms with Crippen LogP contribution in [0.25, 0.3) is 0 Å². The number of nitrogens with two attached hydrogens (primary N) is 2. The molecule has 10 nitrogen and oxygen atoms in total. The maximum atomic E-state index is 13.1. The summed E-state index contributed by atoms with van der Waals surface area (Å²) in [5.41, 5.74) is 9.74. The molecule has 2 saturated heterocycles. The average molecular weight is 445 g/mol. The van der Waals surface area contributed by atoms with E-state index in [-0.39, 0.29) is 34.4 Å². The van der Waals surface area contributed by atoms with E-state index in [1.807, 2.05) is 13.8 Å². The smallest absolute Gasteiger partial charge is 0.351 e. The van der Waals surface area contributed by atoms with E-state index in [1.165, 1.54) is 4.57 Å². The van der Waals surface area contributed by atoms with Crippen LogP contribution in [-0.2, 0) is 9.47 Å². The second-order valence-electron chi connectivity index (χ2n) is 6.19. The summed E-state index contributed by atoms with van der Waals surface area (Å²) >= 11 is 3.23. The van der Waals surface area contributed by atoms with E-state index in [4.69, 9.17) is 20.9 Å². The van der Waals surface area contributed by atoms with Gasteiger partial charge in [0.05, 0.1) is 6.20 Å². The number of ether oxygens (including phenoxy) is 2. The molecular formula is C16H21FN6O4S2. The second kappa shape index (κ2) is 9.15. The molecule has 2 aromatic rings. The highest BCUT2D eigenvalue weighted by atomic mass is 32.2. The Labute approximate surface area is 173 Å². The topological polar surface area (TPSA) is 140 Å². The molecule has 0 aliphatic carbocycles. The Bertz CT molecular complexity index is 987. The van der Waals surface area contributed by atoms with Gasteiger partial charge in [-0.25, -0.2) is 14.0 Å². The minimum atomic E-state index is -0.706. The van der Waals surface area contributed by atoms with Crippen molar-refractivity contribution in [1.29, 1.82) is 0 Å². The van der Waals surface area contributed by atoms with E-state index in [1.54, 1.807) is 35.8 Å². The molecular weight excluding hydrogens is 423 g/mol. The third-order valence-electron chi connectivity index (χ3n) is 4.05. The van der Waals surface area contributed by atoms with Crippen molar-refractivity contribution >= 4 is 35.2 Å². The van der Waals surface area contributed by atoms with Crippen molar-refractivity contribution < 1.29 is 13.9 Å². The van der Waals surface area contributed by atoms with Gasteiger partial charge in [-0.05, 0) is 19.9 Å². The molecule has 4 atom stereocenters. The molecule has 158 valence electrons. The van der Waals surface area contributed by atoms with Crippen molar-refractivity contribution in [3.05, 3.63) is 45.2 Å². The van der Waals surface area contributed by atoms with E-state index in [0.717, 1.165) is 16.5 Å². The van der Waals surface area contributed by atoms with Gasteiger partial charge in [0.25, 0.3) is 0 Å². The predicted octanol–water partition coefficient (Wildman–Crippen LogP) is 1.01. The van der Waals surface area contributed by atoms with Crippen LogP contribution in [0.15, 0.2) is 28.0 Å². The molecule has 4 rings (SSSR count). The number of rotatable bonds is 2. The minimum Gasteiger partial charge on any atom is -0.383 e. The fourth-order valence-corrected chi connectivity index (χ4v) is 4.40. The number of anilines is 2. The number of thioether (sulfide) groups is 2. The molecule has 0 radical (unpaired) electrons. The summed E-state index contributed by atoms with van der Waals surface area (Å²) in [7, 11) is 0. The summed E-state index contributed by atoms with van der Waals surface area (Å²) in [6.07, 6.45) is 1.98. The maximum Gasteiger partial charge on any atom is 0.351 e. The normalized spacial score (nSPS) is 26.2. The van der Waals surface area contributed by atoms with E-state index in [2.05, 4.69) is 9.97 Å². The van der Waals surface area contributed by atoms with Gasteiger partial charge in [-0.2, -0.15) is 9.97 Å². The van der Waals surface area contributed by atoms with Crippen LogP contribution >= 0.6 is 23.5 Å². The summed E-state index contributed by atoms with van der Waals surface area (Å²) in [6, 6.07) is 1.60. The monoisotopic (exact) mass is 444 g/mol. The third kappa shape index (κ3) is 5.29. The molecule has 0 spiro atoms. The van der Waals surface area contributed by atoms with Gasteiger partial charge >= 0.3 is 11.4 Å². The van der Waals surface area contributed by atoms with Crippen LogP contribution in [0.4, 0.5) is 16.0 Å². The number of aromatic nitrogens is 4. The standard InChI is InChI=1S/C8H10FN3O2S.C8H11N3O2S/c1-4-14-6(3-15-4)12-2-5(9)7(10)11-8(12)13;1-5-13-7(4-14-5)11-3-2-6(9)10-8(11)12/h2,4,6H,3H2,1H3,(H2,10,11,13);2-3,5,7H,4H2,1H3,(H2,9,10,12)/t4-,6+;5-,7+/m00/s1. The van der Waals surface area contributed by atoms with Crippen molar-refractivity contribution in [2.45, 2.75) is 37.2 Å². The number of nitrogens with zero attached hydrogens (tertiary/aromatic N) is 4. The molecule has 0 unspecified atom stereocenters. The maximum absolute atomic E-state index is 13.1. The van der Waals surface area contributed by atoms with Gasteiger partial charge in [-0.3, -0.25) is 9.13 Å². The van der Waals surface area contributed by atoms with Crippen molar-refractivity contribution in [1.82, 2.24) is 19.1 Å². The molecule has 2 aliphatic rings. The summed E-state index contributed by atoms with van der Waals surface area (Å²) in [5, 5.41) is 0. The molecule has 0 amide bonds. The van der Waals surface area contributed by atoms with E-state index in [0.29, 0.717) is 5.75 Å². The highest BCUT2D eigenvalue weighted by Crippen LogP contribution is 2.31. The van der Waals surface area contributed by atoms with Gasteiger partial charge < -0.3 is 20.9 Å². The molecule has 4 N–H and O–H groups in total. The molecule has 2 fully saturated rings. The molecule has 0 bridgehead atoms. The quantitative estimate of drug-likeness (QED) is 0.689. The molecule has 2 aliphatic heterocycles. The molecule has 0 saturated carbocycles.